The molecule has 1 saturated heterocycles. The Morgan fingerprint density at radius 1 is 1.03 bits per heavy atom. The van der Waals surface area contributed by atoms with Crippen molar-refractivity contribution in [3.8, 4) is 0 Å². The maximum Gasteiger partial charge on any atom is 0.411 e. The van der Waals surface area contributed by atoms with Gasteiger partial charge in [-0.3, -0.25) is 14.5 Å². The molecule has 0 bridgehead atoms. The fourth-order valence-electron chi connectivity index (χ4n) is 4.05. The fraction of sp³-hybridized carbons (Fsp3) is 0.250. The SMILES string of the molecule is CC[C@H](C)NC(=O)[C@H]1[C@H](c2cccc(NC(=O)c3cccc(Cl)c3)c2)OC(=O)N1Cc1ccccc1. The zero-order valence-corrected chi connectivity index (χ0v) is 20.9. The molecule has 4 rings (SSSR count). The Bertz CT molecular complexity index is 1250. The first-order valence-electron chi connectivity index (χ1n) is 11.8. The van der Waals surface area contributed by atoms with Crippen LogP contribution < -0.4 is 10.6 Å². The molecule has 0 unspecified atom stereocenters. The van der Waals surface area contributed by atoms with Crippen molar-refractivity contribution < 1.29 is 19.1 Å². The Morgan fingerprint density at radius 2 is 1.78 bits per heavy atom. The predicted octanol–water partition coefficient (Wildman–Crippen LogP) is 5.57. The van der Waals surface area contributed by atoms with E-state index in [-0.39, 0.29) is 24.4 Å². The number of anilines is 1. The average molecular weight is 506 g/mol. The van der Waals surface area contributed by atoms with Crippen LogP contribution in [0.15, 0.2) is 78.9 Å². The summed E-state index contributed by atoms with van der Waals surface area (Å²) in [6.45, 7) is 4.13. The second-order valence-electron chi connectivity index (χ2n) is 8.77. The normalized spacial score (nSPS) is 17.9. The van der Waals surface area contributed by atoms with Crippen LogP contribution in [0.1, 0.15) is 47.9 Å². The summed E-state index contributed by atoms with van der Waals surface area (Å²) < 4.78 is 5.74. The van der Waals surface area contributed by atoms with E-state index in [9.17, 15) is 14.4 Å². The van der Waals surface area contributed by atoms with Crippen molar-refractivity contribution in [3.05, 3.63) is 101 Å². The number of rotatable bonds is 8. The molecule has 7 nitrogen and oxygen atoms in total. The smallest absolute Gasteiger partial charge is 0.411 e. The number of ether oxygens (including phenoxy) is 1. The zero-order valence-electron chi connectivity index (χ0n) is 20.1. The van der Waals surface area contributed by atoms with Gasteiger partial charge in [-0.05, 0) is 54.8 Å². The minimum atomic E-state index is -0.870. The van der Waals surface area contributed by atoms with Gasteiger partial charge < -0.3 is 15.4 Å². The molecular formula is C28H28ClN3O4. The Kier molecular flexibility index (Phi) is 7.90. The second-order valence-corrected chi connectivity index (χ2v) is 9.21. The minimum Gasteiger partial charge on any atom is -0.438 e. The molecular weight excluding hydrogens is 478 g/mol. The number of amides is 3. The van der Waals surface area contributed by atoms with E-state index in [1.165, 1.54) is 4.90 Å². The number of nitrogens with one attached hydrogen (secondary N) is 2. The highest BCUT2D eigenvalue weighted by molar-refractivity contribution is 6.31. The van der Waals surface area contributed by atoms with Gasteiger partial charge in [0.25, 0.3) is 5.91 Å². The summed E-state index contributed by atoms with van der Waals surface area (Å²) in [6, 6.07) is 22.2. The first kappa shape index (κ1) is 25.3. The van der Waals surface area contributed by atoms with Crippen molar-refractivity contribution in [1.29, 1.82) is 0 Å². The zero-order chi connectivity index (χ0) is 25.7. The number of nitrogens with zero attached hydrogens (tertiary/aromatic N) is 1. The van der Waals surface area contributed by atoms with E-state index in [0.29, 0.717) is 21.8 Å². The molecule has 3 amide bonds. The lowest BCUT2D eigenvalue weighted by Crippen LogP contribution is -2.48. The van der Waals surface area contributed by atoms with Gasteiger partial charge in [0.1, 0.15) is 0 Å². The summed E-state index contributed by atoms with van der Waals surface area (Å²) in [4.78, 5) is 40.5. The van der Waals surface area contributed by atoms with E-state index < -0.39 is 18.2 Å². The first-order valence-corrected chi connectivity index (χ1v) is 12.2. The third kappa shape index (κ3) is 5.86. The van der Waals surface area contributed by atoms with Gasteiger partial charge in [0.15, 0.2) is 12.1 Å². The Balaban J connectivity index is 1.61. The molecule has 186 valence electrons. The molecule has 1 heterocycles. The molecule has 3 atom stereocenters. The number of cyclic esters (lactones) is 1. The van der Waals surface area contributed by atoms with Crippen LogP contribution in [-0.4, -0.2) is 34.9 Å². The van der Waals surface area contributed by atoms with Crippen molar-refractivity contribution in [2.24, 2.45) is 0 Å². The number of benzene rings is 3. The molecule has 0 aliphatic carbocycles. The van der Waals surface area contributed by atoms with Gasteiger partial charge >= 0.3 is 6.09 Å². The molecule has 1 fully saturated rings. The van der Waals surface area contributed by atoms with Crippen LogP contribution >= 0.6 is 11.6 Å². The van der Waals surface area contributed by atoms with E-state index in [0.717, 1.165) is 12.0 Å². The lowest BCUT2D eigenvalue weighted by molar-refractivity contribution is -0.127. The van der Waals surface area contributed by atoms with Gasteiger partial charge in [-0.1, -0.05) is 67.1 Å². The maximum absolute atomic E-state index is 13.4. The third-order valence-corrected chi connectivity index (χ3v) is 6.35. The predicted molar refractivity (Wildman–Crippen MR) is 139 cm³/mol. The van der Waals surface area contributed by atoms with Gasteiger partial charge in [0.05, 0.1) is 6.54 Å². The van der Waals surface area contributed by atoms with Gasteiger partial charge in [0.2, 0.25) is 5.91 Å². The van der Waals surface area contributed by atoms with Crippen LogP contribution in [0, 0.1) is 0 Å². The van der Waals surface area contributed by atoms with Crippen LogP contribution in [0.4, 0.5) is 10.5 Å². The second kappa shape index (κ2) is 11.3. The summed E-state index contributed by atoms with van der Waals surface area (Å²) in [5.74, 6) is -0.612. The minimum absolute atomic E-state index is 0.0595. The van der Waals surface area contributed by atoms with Gasteiger partial charge in [0, 0.05) is 22.3 Å². The van der Waals surface area contributed by atoms with E-state index in [4.69, 9.17) is 16.3 Å². The number of halogens is 1. The molecule has 1 aliphatic rings. The highest BCUT2D eigenvalue weighted by Gasteiger charge is 2.47. The lowest BCUT2D eigenvalue weighted by atomic mass is 9.99. The van der Waals surface area contributed by atoms with Crippen LogP contribution in [0.25, 0.3) is 0 Å². The average Bonchev–Trinajstić information content (AvgIpc) is 3.20. The molecule has 3 aromatic rings. The van der Waals surface area contributed by atoms with Crippen molar-refractivity contribution >= 4 is 35.2 Å². The van der Waals surface area contributed by atoms with E-state index in [1.807, 2.05) is 44.2 Å². The Labute approximate surface area is 215 Å². The van der Waals surface area contributed by atoms with Crippen molar-refractivity contribution in [2.75, 3.05) is 5.32 Å². The van der Waals surface area contributed by atoms with E-state index in [1.54, 1.807) is 48.5 Å². The lowest BCUT2D eigenvalue weighted by Gasteiger charge is -2.26. The summed E-state index contributed by atoms with van der Waals surface area (Å²) in [7, 11) is 0. The van der Waals surface area contributed by atoms with Crippen LogP contribution in [0.3, 0.4) is 0 Å². The molecule has 8 heteroatoms. The Hall–Kier alpha value is -3.84. The number of hydrogen-bond acceptors (Lipinski definition) is 4. The molecule has 2 N–H and O–H groups in total. The standard InChI is InChI=1S/C28H28ClN3O4/c1-3-18(2)30-27(34)24-25(36-28(35)32(24)17-19-9-5-4-6-10-19)20-11-8-14-23(16-20)31-26(33)21-12-7-13-22(29)15-21/h4-16,18,24-25H,3,17H2,1-2H3,(H,30,34)(H,31,33)/t18-,24+,25-/m0/s1. The quantitative estimate of drug-likeness (QED) is 0.419. The molecule has 0 aromatic heterocycles. The fourth-order valence-corrected chi connectivity index (χ4v) is 4.24. The highest BCUT2D eigenvalue weighted by atomic mass is 35.5. The largest absolute Gasteiger partial charge is 0.438 e. The van der Waals surface area contributed by atoms with Gasteiger partial charge in [-0.2, -0.15) is 0 Å². The third-order valence-electron chi connectivity index (χ3n) is 6.11. The number of carbonyl (C=O) groups excluding carboxylic acids is 3. The number of carbonyl (C=O) groups is 3. The van der Waals surface area contributed by atoms with Crippen LogP contribution in [0.5, 0.6) is 0 Å². The van der Waals surface area contributed by atoms with E-state index >= 15 is 0 Å². The maximum atomic E-state index is 13.4. The summed E-state index contributed by atoms with van der Waals surface area (Å²) in [5, 5.41) is 6.29. The summed E-state index contributed by atoms with van der Waals surface area (Å²) in [6.07, 6.45) is -0.656. The van der Waals surface area contributed by atoms with Crippen molar-refractivity contribution in [1.82, 2.24) is 10.2 Å². The topological polar surface area (TPSA) is 87.7 Å². The molecule has 3 aromatic carbocycles. The van der Waals surface area contributed by atoms with Crippen molar-refractivity contribution in [2.45, 2.75) is 45.0 Å². The summed E-state index contributed by atoms with van der Waals surface area (Å²) in [5.41, 5.74) is 2.42. The van der Waals surface area contributed by atoms with Crippen molar-refractivity contribution in [3.63, 3.8) is 0 Å². The van der Waals surface area contributed by atoms with E-state index in [2.05, 4.69) is 10.6 Å². The highest BCUT2D eigenvalue weighted by Crippen LogP contribution is 2.35. The van der Waals surface area contributed by atoms with Crippen LogP contribution in [0.2, 0.25) is 5.02 Å². The first-order chi connectivity index (χ1) is 17.4. The molecule has 36 heavy (non-hydrogen) atoms. The molecule has 0 spiro atoms. The monoisotopic (exact) mass is 505 g/mol. The molecule has 0 radical (unpaired) electrons. The molecule has 0 saturated carbocycles. The van der Waals surface area contributed by atoms with Gasteiger partial charge in [-0.15, -0.1) is 0 Å². The van der Waals surface area contributed by atoms with Crippen LogP contribution in [-0.2, 0) is 16.1 Å². The Morgan fingerprint density at radius 3 is 2.50 bits per heavy atom. The molecule has 1 aliphatic heterocycles. The summed E-state index contributed by atoms with van der Waals surface area (Å²) >= 11 is 6.01. The number of hydrogen-bond donors (Lipinski definition) is 2. The van der Waals surface area contributed by atoms with Gasteiger partial charge in [-0.25, -0.2) is 4.79 Å².